The summed E-state index contributed by atoms with van der Waals surface area (Å²) in [5, 5.41) is 14.4. The lowest BCUT2D eigenvalue weighted by molar-refractivity contribution is -0.146. The van der Waals surface area contributed by atoms with Crippen molar-refractivity contribution < 1.29 is 24.2 Å². The number of carbonyl (C=O) groups is 3. The van der Waals surface area contributed by atoms with E-state index >= 15 is 0 Å². The Hall–Kier alpha value is -1.89. The number of rotatable bonds is 4. The molecule has 0 unspecified atom stereocenters. The topological polar surface area (TPSA) is 105 Å². The third-order valence-electron chi connectivity index (χ3n) is 4.60. The van der Waals surface area contributed by atoms with E-state index in [2.05, 4.69) is 10.6 Å². The van der Waals surface area contributed by atoms with Gasteiger partial charge in [-0.05, 0) is 31.1 Å². The number of allylic oxidation sites excluding steroid dienone is 2. The van der Waals surface area contributed by atoms with Crippen molar-refractivity contribution in [3.63, 3.8) is 0 Å². The number of amides is 2. The maximum atomic E-state index is 12.8. The van der Waals surface area contributed by atoms with E-state index in [1.54, 1.807) is 0 Å². The molecule has 27 heavy (non-hydrogen) atoms. The number of esters is 1. The zero-order valence-corrected chi connectivity index (χ0v) is 16.8. The number of nitrogens with one attached hydrogen (secondary N) is 2. The van der Waals surface area contributed by atoms with Crippen molar-refractivity contribution in [1.82, 2.24) is 10.6 Å². The summed E-state index contributed by atoms with van der Waals surface area (Å²) in [5.74, 6) is -1.26. The maximum absolute atomic E-state index is 12.8. The Labute approximate surface area is 161 Å². The molecule has 0 bridgehead atoms. The van der Waals surface area contributed by atoms with E-state index in [9.17, 15) is 14.4 Å². The van der Waals surface area contributed by atoms with Gasteiger partial charge in [-0.3, -0.25) is 14.4 Å². The van der Waals surface area contributed by atoms with Crippen molar-refractivity contribution in [3.05, 3.63) is 12.2 Å². The van der Waals surface area contributed by atoms with Crippen LogP contribution in [0.1, 0.15) is 59.3 Å². The molecule has 0 aromatic carbocycles. The van der Waals surface area contributed by atoms with Gasteiger partial charge in [0.05, 0.1) is 18.6 Å². The number of hydrogen-bond acceptors (Lipinski definition) is 5. The van der Waals surface area contributed by atoms with Gasteiger partial charge in [0.25, 0.3) is 0 Å². The molecule has 0 radical (unpaired) electrons. The van der Waals surface area contributed by atoms with Crippen LogP contribution in [0.5, 0.6) is 0 Å². The summed E-state index contributed by atoms with van der Waals surface area (Å²) >= 11 is 0. The van der Waals surface area contributed by atoms with Crippen LogP contribution in [0.2, 0.25) is 0 Å². The van der Waals surface area contributed by atoms with Gasteiger partial charge in [-0.15, -0.1) is 0 Å². The smallest absolute Gasteiger partial charge is 0.305 e. The minimum atomic E-state index is -0.511. The Kier molecular flexibility index (Phi) is 10.1. The molecule has 1 rings (SSSR count). The summed E-state index contributed by atoms with van der Waals surface area (Å²) in [6.45, 7) is 6.06. The molecule has 0 fully saturated rings. The van der Waals surface area contributed by atoms with Gasteiger partial charge in [0.15, 0.2) is 0 Å². The molecule has 2 atom stereocenters. The van der Waals surface area contributed by atoms with Crippen LogP contribution >= 0.6 is 0 Å². The Morgan fingerprint density at radius 3 is 2.70 bits per heavy atom. The van der Waals surface area contributed by atoms with Crippen LogP contribution in [0.3, 0.4) is 0 Å². The van der Waals surface area contributed by atoms with Gasteiger partial charge in [-0.2, -0.15) is 0 Å². The molecule has 0 aromatic rings. The minimum absolute atomic E-state index is 0.0484. The zero-order valence-electron chi connectivity index (χ0n) is 16.8. The van der Waals surface area contributed by atoms with E-state index in [0.717, 1.165) is 19.3 Å². The highest BCUT2D eigenvalue weighted by atomic mass is 16.5. The summed E-state index contributed by atoms with van der Waals surface area (Å²) in [4.78, 5) is 36.7. The van der Waals surface area contributed by atoms with Crippen LogP contribution in [0, 0.1) is 11.3 Å². The first-order chi connectivity index (χ1) is 12.7. The third-order valence-corrected chi connectivity index (χ3v) is 4.60. The molecule has 0 aromatic heterocycles. The molecule has 3 N–H and O–H groups in total. The summed E-state index contributed by atoms with van der Waals surface area (Å²) in [5.41, 5.74) is -0.299. The van der Waals surface area contributed by atoms with E-state index in [1.807, 2.05) is 32.9 Å². The lowest BCUT2D eigenvalue weighted by Crippen LogP contribution is -2.49. The average molecular weight is 383 g/mol. The van der Waals surface area contributed by atoms with Crippen molar-refractivity contribution in [2.24, 2.45) is 11.3 Å². The van der Waals surface area contributed by atoms with Crippen LogP contribution < -0.4 is 10.6 Å². The molecule has 7 nitrogen and oxygen atoms in total. The van der Waals surface area contributed by atoms with Gasteiger partial charge in [0, 0.05) is 19.4 Å². The highest BCUT2D eigenvalue weighted by Gasteiger charge is 2.30. The highest BCUT2D eigenvalue weighted by Crippen LogP contribution is 2.22. The molecule has 0 saturated carbocycles. The molecule has 0 saturated heterocycles. The normalized spacial score (nSPS) is 24.3. The van der Waals surface area contributed by atoms with Crippen molar-refractivity contribution in [1.29, 1.82) is 0 Å². The van der Waals surface area contributed by atoms with E-state index in [-0.39, 0.29) is 55.4 Å². The average Bonchev–Trinajstić information content (AvgIpc) is 2.59. The molecule has 2 amide bonds. The predicted octanol–water partition coefficient (Wildman–Crippen LogP) is 1.70. The molecule has 1 heterocycles. The Bertz CT molecular complexity index is 525. The zero-order chi connectivity index (χ0) is 20.3. The summed E-state index contributed by atoms with van der Waals surface area (Å²) in [7, 11) is 0. The number of cyclic esters (lactones) is 1. The van der Waals surface area contributed by atoms with Crippen molar-refractivity contribution in [3.8, 4) is 0 Å². The molecule has 7 heteroatoms. The number of hydrogen-bond donors (Lipinski definition) is 3. The van der Waals surface area contributed by atoms with Crippen LogP contribution in [-0.2, 0) is 19.1 Å². The molecule has 154 valence electrons. The fraction of sp³-hybridized carbons (Fsp3) is 0.750. The standard InChI is InChI=1S/C20H34N2O5/c1-20(2,3)16-14-27-18(25)10-8-6-4-5-7-9-15(19(26)22-16)13-17(24)21-11-12-23/h5,7,15-16,23H,4,6,8-14H2,1-3H3,(H,21,24)(H,22,26)/b7-5-/t15-,16-/m1/s1. The lowest BCUT2D eigenvalue weighted by Gasteiger charge is -2.32. The van der Waals surface area contributed by atoms with Crippen molar-refractivity contribution >= 4 is 17.8 Å². The largest absolute Gasteiger partial charge is 0.463 e. The van der Waals surface area contributed by atoms with E-state index in [1.165, 1.54) is 0 Å². The van der Waals surface area contributed by atoms with E-state index < -0.39 is 5.92 Å². The molecular formula is C20H34N2O5. The third kappa shape index (κ3) is 9.56. The summed E-state index contributed by atoms with van der Waals surface area (Å²) in [6.07, 6.45) is 7.28. The van der Waals surface area contributed by atoms with E-state index in [0.29, 0.717) is 12.8 Å². The highest BCUT2D eigenvalue weighted by molar-refractivity contribution is 5.86. The van der Waals surface area contributed by atoms with Gasteiger partial charge >= 0.3 is 5.97 Å². The SMILES string of the molecule is CC(C)(C)[C@H]1COC(=O)CCCC/C=C\C[C@H](CC(=O)NCCO)C(=O)N1. The van der Waals surface area contributed by atoms with Crippen LogP contribution in [0.4, 0.5) is 0 Å². The van der Waals surface area contributed by atoms with Gasteiger partial charge in [-0.1, -0.05) is 32.9 Å². The van der Waals surface area contributed by atoms with Gasteiger partial charge < -0.3 is 20.5 Å². The first-order valence-electron chi connectivity index (χ1n) is 9.72. The van der Waals surface area contributed by atoms with Crippen LogP contribution in [0.25, 0.3) is 0 Å². The Morgan fingerprint density at radius 1 is 1.30 bits per heavy atom. The molecule has 1 aliphatic heterocycles. The van der Waals surface area contributed by atoms with Gasteiger partial charge in [0.2, 0.25) is 11.8 Å². The second-order valence-electron chi connectivity index (χ2n) is 8.04. The number of ether oxygens (including phenoxy) is 1. The predicted molar refractivity (Wildman–Crippen MR) is 103 cm³/mol. The monoisotopic (exact) mass is 382 g/mol. The number of aliphatic hydroxyl groups is 1. The first-order valence-corrected chi connectivity index (χ1v) is 9.72. The molecule has 0 aliphatic carbocycles. The number of carbonyl (C=O) groups excluding carboxylic acids is 3. The fourth-order valence-electron chi connectivity index (χ4n) is 2.73. The lowest BCUT2D eigenvalue weighted by atomic mass is 9.86. The number of aliphatic hydroxyl groups excluding tert-OH is 1. The Morgan fingerprint density at radius 2 is 2.04 bits per heavy atom. The first kappa shape index (κ1) is 23.1. The fourth-order valence-corrected chi connectivity index (χ4v) is 2.73. The van der Waals surface area contributed by atoms with Crippen molar-refractivity contribution in [2.45, 2.75) is 65.3 Å². The van der Waals surface area contributed by atoms with Gasteiger partial charge in [-0.25, -0.2) is 0 Å². The molecule has 1 aliphatic rings. The molecular weight excluding hydrogens is 348 g/mol. The van der Waals surface area contributed by atoms with Crippen LogP contribution in [-0.4, -0.2) is 48.7 Å². The summed E-state index contributed by atoms with van der Waals surface area (Å²) in [6, 6.07) is -0.344. The molecule has 0 spiro atoms. The quantitative estimate of drug-likeness (QED) is 0.507. The summed E-state index contributed by atoms with van der Waals surface area (Å²) < 4.78 is 5.37. The second kappa shape index (κ2) is 11.7. The van der Waals surface area contributed by atoms with Gasteiger partial charge in [0.1, 0.15) is 6.61 Å². The second-order valence-corrected chi connectivity index (χ2v) is 8.04. The van der Waals surface area contributed by atoms with E-state index in [4.69, 9.17) is 9.84 Å². The maximum Gasteiger partial charge on any atom is 0.305 e. The minimum Gasteiger partial charge on any atom is -0.463 e. The van der Waals surface area contributed by atoms with Crippen LogP contribution in [0.15, 0.2) is 12.2 Å². The Balaban J connectivity index is 2.90. The van der Waals surface area contributed by atoms with Crippen molar-refractivity contribution in [2.75, 3.05) is 19.8 Å².